The van der Waals surface area contributed by atoms with Crippen LogP contribution in [-0.4, -0.2) is 57.4 Å². The van der Waals surface area contributed by atoms with Crippen LogP contribution < -0.4 is 14.8 Å². The highest BCUT2D eigenvalue weighted by Crippen LogP contribution is 2.34. The van der Waals surface area contributed by atoms with Crippen LogP contribution in [0, 0.1) is 0 Å². The molecule has 41 heavy (non-hydrogen) atoms. The van der Waals surface area contributed by atoms with Gasteiger partial charge in [0.25, 0.3) is 0 Å². The molecule has 3 aromatic heterocycles. The number of benzene rings is 2. The van der Waals surface area contributed by atoms with Crippen LogP contribution in [0.25, 0.3) is 10.9 Å². The molecule has 3 heterocycles. The van der Waals surface area contributed by atoms with Crippen LogP contribution in [0.3, 0.4) is 0 Å². The van der Waals surface area contributed by atoms with Gasteiger partial charge in [-0.15, -0.1) is 0 Å². The van der Waals surface area contributed by atoms with Gasteiger partial charge in [0.1, 0.15) is 23.7 Å². The van der Waals surface area contributed by atoms with Gasteiger partial charge >= 0.3 is 0 Å². The minimum absolute atomic E-state index is 0.213. The van der Waals surface area contributed by atoms with Gasteiger partial charge in [-0.05, 0) is 35.4 Å². The lowest BCUT2D eigenvalue weighted by Gasteiger charge is -2.11. The van der Waals surface area contributed by atoms with Crippen LogP contribution in [0.15, 0.2) is 78.5 Å². The average Bonchev–Trinajstić information content (AvgIpc) is 2.98. The summed E-state index contributed by atoms with van der Waals surface area (Å²) in [5, 5.41) is 3.86. The smallest absolute Gasteiger partial charge is 0.228 e. The monoisotopic (exact) mass is 587 g/mol. The van der Waals surface area contributed by atoms with Gasteiger partial charge in [-0.2, -0.15) is 0 Å². The van der Waals surface area contributed by atoms with E-state index in [4.69, 9.17) is 21.7 Å². The highest BCUT2D eigenvalue weighted by Gasteiger charge is 2.17. The lowest BCUT2D eigenvalue weighted by Crippen LogP contribution is -2.09. The van der Waals surface area contributed by atoms with Crippen molar-refractivity contribution < 1.29 is 17.9 Å². The van der Waals surface area contributed by atoms with Crippen molar-refractivity contribution in [3.05, 3.63) is 90.5 Å². The van der Waals surface area contributed by atoms with Crippen molar-refractivity contribution in [3.63, 3.8) is 0 Å². The van der Waals surface area contributed by atoms with Crippen molar-refractivity contribution in [1.82, 2.24) is 29.9 Å². The van der Waals surface area contributed by atoms with Crippen molar-refractivity contribution in [3.8, 4) is 11.5 Å². The zero-order chi connectivity index (χ0) is 28.8. The zero-order valence-corrected chi connectivity index (χ0v) is 23.8. The van der Waals surface area contributed by atoms with E-state index < -0.39 is 9.84 Å². The van der Waals surface area contributed by atoms with E-state index in [9.17, 15) is 8.42 Å². The molecule has 0 aliphatic carbocycles. The van der Waals surface area contributed by atoms with Gasteiger partial charge in [-0.1, -0.05) is 24.4 Å². The maximum Gasteiger partial charge on any atom is 0.228 e. The number of nitrogens with zero attached hydrogens (tertiary/aromatic N) is 6. The van der Waals surface area contributed by atoms with Crippen molar-refractivity contribution in [1.29, 1.82) is 0 Å². The topological polar surface area (TPSA) is 142 Å². The molecular formula is C28H25N7O4S2. The third-order valence-electron chi connectivity index (χ3n) is 6.10. The molecule has 1 N–H and O–H groups in total. The number of hydrogen-bond donors (Lipinski definition) is 1. The summed E-state index contributed by atoms with van der Waals surface area (Å²) in [6.07, 6.45) is 8.90. The summed E-state index contributed by atoms with van der Waals surface area (Å²) in [5.74, 6) is 2.02. The first-order valence-corrected chi connectivity index (χ1v) is 14.4. The van der Waals surface area contributed by atoms with Gasteiger partial charge in [-0.25, -0.2) is 38.3 Å². The quantitative estimate of drug-likeness (QED) is 0.222. The molecule has 0 atom stereocenters. The standard InChI is InChI=1S/C28H25N7O4S2/c1-38-24-12-22-23(13-25(24)39-2)33-17-34-27(22)35-28-31-14-19(15-32-28)11-20(40)10-18-4-6-21(7-5-18)41(36,37)16-26-29-8-3-9-30-26/h3-9,12-15,17H,10-11,16H2,1-2H3,(H,31,32,33,34,35). The molecule has 0 spiro atoms. The largest absolute Gasteiger partial charge is 0.493 e. The van der Waals surface area contributed by atoms with Crippen molar-refractivity contribution >= 4 is 49.6 Å². The number of ether oxygens (including phenoxy) is 2. The van der Waals surface area contributed by atoms with Crippen LogP contribution >= 0.6 is 12.2 Å². The first-order chi connectivity index (χ1) is 19.8. The van der Waals surface area contributed by atoms with E-state index in [0.29, 0.717) is 41.6 Å². The number of thiocarbonyl (C=S) groups is 1. The molecule has 5 aromatic rings. The Balaban J connectivity index is 1.21. The Morgan fingerprint density at radius 3 is 2.20 bits per heavy atom. The fourth-order valence-electron chi connectivity index (χ4n) is 4.09. The maximum absolute atomic E-state index is 12.7. The normalized spacial score (nSPS) is 11.3. The fourth-order valence-corrected chi connectivity index (χ4v) is 5.63. The van der Waals surface area contributed by atoms with Crippen LogP contribution in [-0.2, 0) is 28.4 Å². The lowest BCUT2D eigenvalue weighted by molar-refractivity contribution is 0.356. The lowest BCUT2D eigenvalue weighted by atomic mass is 10.1. The number of nitrogens with one attached hydrogen (secondary N) is 1. The van der Waals surface area contributed by atoms with E-state index in [1.165, 1.54) is 18.7 Å². The Hall–Kier alpha value is -4.62. The summed E-state index contributed by atoms with van der Waals surface area (Å²) in [5.41, 5.74) is 2.44. The number of hydrogen-bond acceptors (Lipinski definition) is 12. The molecule has 0 bridgehead atoms. The second kappa shape index (κ2) is 12.3. The highest BCUT2D eigenvalue weighted by molar-refractivity contribution is 7.90. The molecule has 0 amide bonds. The summed E-state index contributed by atoms with van der Waals surface area (Å²) in [7, 11) is -0.421. The number of sulfone groups is 1. The Bertz CT molecular complexity index is 1790. The molecule has 13 heteroatoms. The molecule has 208 valence electrons. The number of anilines is 2. The van der Waals surface area contributed by atoms with E-state index >= 15 is 0 Å². The molecule has 0 fully saturated rings. The molecule has 11 nitrogen and oxygen atoms in total. The Kier molecular flexibility index (Phi) is 8.36. The average molecular weight is 588 g/mol. The van der Waals surface area contributed by atoms with E-state index in [-0.39, 0.29) is 16.5 Å². The molecule has 2 aromatic carbocycles. The highest BCUT2D eigenvalue weighted by atomic mass is 32.2. The minimum Gasteiger partial charge on any atom is -0.493 e. The van der Waals surface area contributed by atoms with Crippen LogP contribution in [0.5, 0.6) is 11.5 Å². The van der Waals surface area contributed by atoms with Gasteiger partial charge < -0.3 is 14.8 Å². The Labute approximate surface area is 242 Å². The van der Waals surface area contributed by atoms with Gasteiger partial charge in [0.15, 0.2) is 21.3 Å². The molecule has 0 radical (unpaired) electrons. The predicted octanol–water partition coefficient (Wildman–Crippen LogP) is 4.10. The van der Waals surface area contributed by atoms with Gasteiger partial charge in [-0.3, -0.25) is 0 Å². The molecule has 0 saturated heterocycles. The molecule has 0 saturated carbocycles. The van der Waals surface area contributed by atoms with Crippen LogP contribution in [0.1, 0.15) is 17.0 Å². The third kappa shape index (κ3) is 6.76. The molecular weight excluding hydrogens is 562 g/mol. The summed E-state index contributed by atoms with van der Waals surface area (Å²) < 4.78 is 36.2. The summed E-state index contributed by atoms with van der Waals surface area (Å²) >= 11 is 5.60. The summed E-state index contributed by atoms with van der Waals surface area (Å²) in [4.78, 5) is 26.4. The van der Waals surface area contributed by atoms with E-state index in [2.05, 4.69) is 35.2 Å². The third-order valence-corrected chi connectivity index (χ3v) is 8.02. The van der Waals surface area contributed by atoms with E-state index in [0.717, 1.165) is 21.4 Å². The molecule has 0 aliphatic rings. The van der Waals surface area contributed by atoms with Crippen LogP contribution in [0.4, 0.5) is 11.8 Å². The second-order valence-electron chi connectivity index (χ2n) is 8.95. The minimum atomic E-state index is -3.55. The first-order valence-electron chi connectivity index (χ1n) is 12.4. The molecule has 0 aliphatic heterocycles. The van der Waals surface area contributed by atoms with Gasteiger partial charge in [0.2, 0.25) is 5.95 Å². The predicted molar refractivity (Wildman–Crippen MR) is 157 cm³/mol. The van der Waals surface area contributed by atoms with Crippen LogP contribution in [0.2, 0.25) is 0 Å². The van der Waals surface area contributed by atoms with Gasteiger partial charge in [0.05, 0.1) is 24.6 Å². The van der Waals surface area contributed by atoms with Crippen molar-refractivity contribution in [2.24, 2.45) is 0 Å². The Morgan fingerprint density at radius 1 is 0.854 bits per heavy atom. The first kappa shape index (κ1) is 27.9. The fraction of sp³-hybridized carbons (Fsp3) is 0.179. The Morgan fingerprint density at radius 2 is 1.51 bits per heavy atom. The van der Waals surface area contributed by atoms with Crippen molar-refractivity contribution in [2.45, 2.75) is 23.5 Å². The second-order valence-corrected chi connectivity index (χ2v) is 11.5. The van der Waals surface area contributed by atoms with E-state index in [1.54, 1.807) is 69.1 Å². The SMILES string of the molecule is COc1cc2ncnc(Nc3ncc(CC(=S)Cc4ccc(S(=O)(=O)Cc5ncccn5)cc4)cn3)c2cc1OC. The number of fused-ring (bicyclic) bond motifs is 1. The number of methoxy groups -OCH3 is 2. The number of rotatable bonds is 11. The maximum atomic E-state index is 12.7. The number of aromatic nitrogens is 6. The molecule has 0 unspecified atom stereocenters. The van der Waals surface area contributed by atoms with Gasteiger partial charge in [0, 0.05) is 53.9 Å². The summed E-state index contributed by atoms with van der Waals surface area (Å²) in [6, 6.07) is 11.9. The summed E-state index contributed by atoms with van der Waals surface area (Å²) in [6.45, 7) is 0. The van der Waals surface area contributed by atoms with Crippen molar-refractivity contribution in [2.75, 3.05) is 19.5 Å². The van der Waals surface area contributed by atoms with E-state index in [1.807, 2.05) is 0 Å². The molecule has 5 rings (SSSR count). The zero-order valence-electron chi connectivity index (χ0n) is 22.2.